The molecule has 0 aliphatic rings. The molecule has 0 aliphatic heterocycles. The second-order valence-electron chi connectivity index (χ2n) is 6.37. The van der Waals surface area contributed by atoms with E-state index in [-0.39, 0.29) is 11.7 Å². The predicted molar refractivity (Wildman–Crippen MR) is 122 cm³/mol. The van der Waals surface area contributed by atoms with Crippen LogP contribution in [0.25, 0.3) is 17.1 Å². The van der Waals surface area contributed by atoms with Crippen LogP contribution in [0.15, 0.2) is 78.2 Å². The Kier molecular flexibility index (Phi) is 6.49. The number of thioether (sulfide) groups is 1. The minimum atomic E-state index is -0.199. The number of hydrogen-bond donors (Lipinski definition) is 1. The lowest BCUT2D eigenvalue weighted by atomic mass is 10.2. The monoisotopic (exact) mass is 451 g/mol. The Morgan fingerprint density at radius 2 is 1.90 bits per heavy atom. The fourth-order valence-corrected chi connectivity index (χ4v) is 3.88. The first-order chi connectivity index (χ1) is 15.2. The number of pyridine rings is 1. The normalized spacial score (nSPS) is 10.6. The number of amides is 1. The van der Waals surface area contributed by atoms with Gasteiger partial charge in [0.25, 0.3) is 0 Å². The van der Waals surface area contributed by atoms with Gasteiger partial charge in [0, 0.05) is 18.0 Å². The third-order valence-corrected chi connectivity index (χ3v) is 5.62. The van der Waals surface area contributed by atoms with E-state index >= 15 is 0 Å². The van der Waals surface area contributed by atoms with Gasteiger partial charge < -0.3 is 10.1 Å². The van der Waals surface area contributed by atoms with Crippen LogP contribution in [0.2, 0.25) is 5.02 Å². The zero-order valence-corrected chi connectivity index (χ0v) is 18.1. The van der Waals surface area contributed by atoms with E-state index in [1.807, 2.05) is 53.1 Å². The number of aromatic nitrogens is 4. The fraction of sp³-hybridized carbons (Fsp3) is 0.0909. The maximum atomic E-state index is 12.5. The number of nitrogens with zero attached hydrogens (tertiary/aromatic N) is 4. The van der Waals surface area contributed by atoms with Gasteiger partial charge in [0.2, 0.25) is 5.91 Å². The summed E-state index contributed by atoms with van der Waals surface area (Å²) in [7, 11) is 1.61. The van der Waals surface area contributed by atoms with Gasteiger partial charge in [0.1, 0.15) is 5.75 Å². The standard InChI is InChI=1S/C22H18ClN5O2S/c1-30-19-11-5-4-10-18(19)28-21(15-7-6-12-24-13-15)26-27-22(28)31-14-20(29)25-17-9-3-2-8-16(17)23/h2-13H,14H2,1H3,(H,25,29). The van der Waals surface area contributed by atoms with Crippen LogP contribution in [-0.2, 0) is 4.79 Å². The maximum Gasteiger partial charge on any atom is 0.234 e. The van der Waals surface area contributed by atoms with Gasteiger partial charge in [-0.3, -0.25) is 14.3 Å². The van der Waals surface area contributed by atoms with Crippen LogP contribution in [0.4, 0.5) is 5.69 Å². The van der Waals surface area contributed by atoms with Crippen molar-refractivity contribution < 1.29 is 9.53 Å². The third kappa shape index (κ3) is 4.70. The van der Waals surface area contributed by atoms with Gasteiger partial charge in [-0.1, -0.05) is 47.6 Å². The lowest BCUT2D eigenvalue weighted by Gasteiger charge is -2.13. The molecule has 0 bridgehead atoms. The van der Waals surface area contributed by atoms with E-state index in [4.69, 9.17) is 16.3 Å². The highest BCUT2D eigenvalue weighted by molar-refractivity contribution is 7.99. The van der Waals surface area contributed by atoms with Crippen LogP contribution < -0.4 is 10.1 Å². The molecule has 1 amide bonds. The van der Waals surface area contributed by atoms with Crippen molar-refractivity contribution in [2.75, 3.05) is 18.2 Å². The van der Waals surface area contributed by atoms with Gasteiger partial charge in [-0.05, 0) is 36.4 Å². The Labute approximate surface area is 188 Å². The number of ether oxygens (including phenoxy) is 1. The number of rotatable bonds is 7. The zero-order chi connectivity index (χ0) is 21.6. The molecule has 2 aromatic heterocycles. The van der Waals surface area contributed by atoms with Crippen LogP contribution in [0.1, 0.15) is 0 Å². The molecule has 2 aromatic carbocycles. The first-order valence-corrected chi connectivity index (χ1v) is 10.7. The van der Waals surface area contributed by atoms with Gasteiger partial charge in [0.05, 0.1) is 29.3 Å². The molecule has 31 heavy (non-hydrogen) atoms. The summed E-state index contributed by atoms with van der Waals surface area (Å²) in [5, 5.41) is 12.5. The number of methoxy groups -OCH3 is 1. The van der Waals surface area contributed by atoms with Crippen molar-refractivity contribution in [3.8, 4) is 22.8 Å². The molecule has 4 rings (SSSR count). The summed E-state index contributed by atoms with van der Waals surface area (Å²) in [6.07, 6.45) is 3.41. The highest BCUT2D eigenvalue weighted by Gasteiger charge is 2.20. The molecule has 0 atom stereocenters. The van der Waals surface area contributed by atoms with Gasteiger partial charge >= 0.3 is 0 Å². The largest absolute Gasteiger partial charge is 0.495 e. The molecular weight excluding hydrogens is 434 g/mol. The summed E-state index contributed by atoms with van der Waals surface area (Å²) in [6.45, 7) is 0. The fourth-order valence-electron chi connectivity index (χ4n) is 2.96. The molecule has 0 radical (unpaired) electrons. The Morgan fingerprint density at radius 1 is 1.10 bits per heavy atom. The summed E-state index contributed by atoms with van der Waals surface area (Å²) in [5.41, 5.74) is 2.13. The number of para-hydroxylation sites is 3. The van der Waals surface area contributed by atoms with E-state index in [0.717, 1.165) is 11.3 Å². The van der Waals surface area contributed by atoms with Crippen molar-refractivity contribution in [3.05, 3.63) is 78.1 Å². The Hall–Kier alpha value is -3.36. The first kappa shape index (κ1) is 20.9. The first-order valence-electron chi connectivity index (χ1n) is 9.33. The second-order valence-corrected chi connectivity index (χ2v) is 7.72. The minimum absolute atomic E-state index is 0.131. The SMILES string of the molecule is COc1ccccc1-n1c(SCC(=O)Nc2ccccc2Cl)nnc1-c1cccnc1. The maximum absolute atomic E-state index is 12.5. The summed E-state index contributed by atoms with van der Waals surface area (Å²) in [6, 6.07) is 18.4. The van der Waals surface area contributed by atoms with Crippen LogP contribution in [0, 0.1) is 0 Å². The number of nitrogens with one attached hydrogen (secondary N) is 1. The Morgan fingerprint density at radius 3 is 2.68 bits per heavy atom. The van der Waals surface area contributed by atoms with E-state index in [9.17, 15) is 4.79 Å². The van der Waals surface area contributed by atoms with Crippen molar-refractivity contribution in [1.29, 1.82) is 0 Å². The van der Waals surface area contributed by atoms with Crippen LogP contribution >= 0.6 is 23.4 Å². The average molecular weight is 452 g/mol. The second kappa shape index (κ2) is 9.63. The van der Waals surface area contributed by atoms with Crippen LogP contribution in [-0.4, -0.2) is 38.5 Å². The summed E-state index contributed by atoms with van der Waals surface area (Å²) >= 11 is 7.40. The van der Waals surface area contributed by atoms with E-state index < -0.39 is 0 Å². The molecule has 0 saturated heterocycles. The smallest absolute Gasteiger partial charge is 0.234 e. The lowest BCUT2D eigenvalue weighted by Crippen LogP contribution is -2.15. The molecule has 9 heteroatoms. The number of anilines is 1. The topological polar surface area (TPSA) is 81.9 Å². The van der Waals surface area contributed by atoms with Gasteiger partial charge in [0.15, 0.2) is 11.0 Å². The van der Waals surface area contributed by atoms with Crippen LogP contribution in [0.5, 0.6) is 5.75 Å². The van der Waals surface area contributed by atoms with Crippen molar-refractivity contribution in [2.45, 2.75) is 5.16 Å². The molecule has 0 fully saturated rings. The highest BCUT2D eigenvalue weighted by Crippen LogP contribution is 2.32. The van der Waals surface area contributed by atoms with Gasteiger partial charge in [-0.2, -0.15) is 0 Å². The minimum Gasteiger partial charge on any atom is -0.495 e. The molecule has 4 aromatic rings. The lowest BCUT2D eigenvalue weighted by molar-refractivity contribution is -0.113. The number of benzene rings is 2. The molecular formula is C22H18ClN5O2S. The molecule has 0 aliphatic carbocycles. The molecule has 156 valence electrons. The van der Waals surface area contributed by atoms with Gasteiger partial charge in [-0.25, -0.2) is 0 Å². The summed E-state index contributed by atoms with van der Waals surface area (Å²) in [4.78, 5) is 16.7. The molecule has 0 spiro atoms. The summed E-state index contributed by atoms with van der Waals surface area (Å²) in [5.74, 6) is 1.20. The Bertz CT molecular complexity index is 1200. The number of carbonyl (C=O) groups is 1. The van der Waals surface area contributed by atoms with Crippen molar-refractivity contribution in [1.82, 2.24) is 19.7 Å². The number of halogens is 1. The van der Waals surface area contributed by atoms with Crippen LogP contribution in [0.3, 0.4) is 0 Å². The third-order valence-electron chi connectivity index (χ3n) is 4.36. The molecule has 2 heterocycles. The zero-order valence-electron chi connectivity index (χ0n) is 16.5. The average Bonchev–Trinajstić information content (AvgIpc) is 3.23. The number of hydrogen-bond acceptors (Lipinski definition) is 6. The van der Waals surface area contributed by atoms with E-state index in [1.165, 1.54) is 11.8 Å². The predicted octanol–water partition coefficient (Wildman–Crippen LogP) is 4.72. The molecule has 0 unspecified atom stereocenters. The quantitative estimate of drug-likeness (QED) is 0.409. The Balaban J connectivity index is 1.64. The van der Waals surface area contributed by atoms with E-state index in [0.29, 0.717) is 27.4 Å². The molecule has 0 saturated carbocycles. The highest BCUT2D eigenvalue weighted by atomic mass is 35.5. The van der Waals surface area contributed by atoms with E-state index in [1.54, 1.807) is 31.6 Å². The number of carbonyl (C=O) groups excluding carboxylic acids is 1. The van der Waals surface area contributed by atoms with Crippen molar-refractivity contribution >= 4 is 35.0 Å². The van der Waals surface area contributed by atoms with Gasteiger partial charge in [-0.15, -0.1) is 10.2 Å². The molecule has 1 N–H and O–H groups in total. The summed E-state index contributed by atoms with van der Waals surface area (Å²) < 4.78 is 7.40. The molecule has 7 nitrogen and oxygen atoms in total. The van der Waals surface area contributed by atoms with Crippen molar-refractivity contribution in [3.63, 3.8) is 0 Å². The van der Waals surface area contributed by atoms with E-state index in [2.05, 4.69) is 20.5 Å². The van der Waals surface area contributed by atoms with Crippen molar-refractivity contribution in [2.24, 2.45) is 0 Å².